The van der Waals surface area contributed by atoms with E-state index in [9.17, 15) is 9.59 Å². The Balaban J connectivity index is 1.22. The number of unbranched alkanes of at least 4 members (excludes halogenated alkanes) is 1. The van der Waals surface area contributed by atoms with Crippen molar-refractivity contribution in [2.75, 3.05) is 32.7 Å². The van der Waals surface area contributed by atoms with E-state index in [0.717, 1.165) is 52.1 Å². The van der Waals surface area contributed by atoms with E-state index >= 15 is 0 Å². The third kappa shape index (κ3) is 6.38. The van der Waals surface area contributed by atoms with Crippen LogP contribution in [0.3, 0.4) is 0 Å². The Morgan fingerprint density at radius 3 is 2.39 bits per heavy atom. The van der Waals surface area contributed by atoms with Crippen molar-refractivity contribution in [3.8, 4) is 0 Å². The van der Waals surface area contributed by atoms with Crippen LogP contribution in [0, 0.1) is 0 Å². The number of carbonyl (C=O) groups is 2. The Morgan fingerprint density at radius 2 is 1.67 bits per heavy atom. The summed E-state index contributed by atoms with van der Waals surface area (Å²) in [4.78, 5) is 28.8. The van der Waals surface area contributed by atoms with Crippen LogP contribution in [0.5, 0.6) is 0 Å². The van der Waals surface area contributed by atoms with Gasteiger partial charge < -0.3 is 19.5 Å². The molecular weight excluding hydrogens is 452 g/mol. The minimum atomic E-state index is -0.496. The summed E-state index contributed by atoms with van der Waals surface area (Å²) in [6.07, 6.45) is 1.65. The molecule has 1 N–H and O–H groups in total. The first kappa shape index (κ1) is 26.0. The van der Waals surface area contributed by atoms with Crippen LogP contribution in [-0.4, -0.2) is 64.7 Å². The molecule has 0 saturated carbocycles. The standard InChI is InChI=1S/C29H40N4O3/c1-5-33-25-11-7-6-10-23(25)24-20-22(13-14-26(24)33)21-31-16-18-32(19-17-31)27(34)12-8-9-15-30-28(35)36-29(2,3)4/h6-7,10-11,13-14,20H,5,8-9,12,15-19,21H2,1-4H3,(H,30,35). The fraction of sp³-hybridized carbons (Fsp3) is 0.517. The minimum absolute atomic E-state index is 0.209. The molecule has 7 heteroatoms. The van der Waals surface area contributed by atoms with Crippen molar-refractivity contribution < 1.29 is 14.3 Å². The molecule has 1 saturated heterocycles. The first-order valence-corrected chi connectivity index (χ1v) is 13.2. The molecule has 0 atom stereocenters. The fourth-order valence-corrected chi connectivity index (χ4v) is 5.02. The second-order valence-electron chi connectivity index (χ2n) is 10.7. The lowest BCUT2D eigenvalue weighted by atomic mass is 10.1. The molecule has 36 heavy (non-hydrogen) atoms. The van der Waals surface area contributed by atoms with Gasteiger partial charge >= 0.3 is 6.09 Å². The first-order chi connectivity index (χ1) is 17.2. The molecular formula is C29H40N4O3. The molecule has 1 aliphatic rings. The summed E-state index contributed by atoms with van der Waals surface area (Å²) in [6, 6.07) is 15.5. The highest BCUT2D eigenvalue weighted by Crippen LogP contribution is 2.30. The zero-order chi connectivity index (χ0) is 25.7. The van der Waals surface area contributed by atoms with Crippen LogP contribution in [0.4, 0.5) is 4.79 Å². The summed E-state index contributed by atoms with van der Waals surface area (Å²) in [6.45, 7) is 13.4. The normalized spacial score (nSPS) is 14.9. The van der Waals surface area contributed by atoms with Crippen molar-refractivity contribution in [1.82, 2.24) is 19.7 Å². The Bertz CT molecular complexity index is 1200. The van der Waals surface area contributed by atoms with E-state index < -0.39 is 11.7 Å². The lowest BCUT2D eigenvalue weighted by Crippen LogP contribution is -2.48. The molecule has 3 aromatic rings. The first-order valence-electron chi connectivity index (χ1n) is 13.2. The number of hydrogen-bond donors (Lipinski definition) is 1. The molecule has 2 amide bonds. The average molecular weight is 493 g/mol. The number of piperazine rings is 1. The number of hydrogen-bond acceptors (Lipinski definition) is 4. The highest BCUT2D eigenvalue weighted by molar-refractivity contribution is 6.08. The predicted molar refractivity (Wildman–Crippen MR) is 145 cm³/mol. The van der Waals surface area contributed by atoms with E-state index in [2.05, 4.69) is 64.2 Å². The lowest BCUT2D eigenvalue weighted by Gasteiger charge is -2.35. The molecule has 0 spiro atoms. The van der Waals surface area contributed by atoms with E-state index in [4.69, 9.17) is 4.74 Å². The number of para-hydroxylation sites is 1. The van der Waals surface area contributed by atoms with Crippen molar-refractivity contribution in [2.24, 2.45) is 0 Å². The zero-order valence-corrected chi connectivity index (χ0v) is 22.2. The van der Waals surface area contributed by atoms with E-state index in [0.29, 0.717) is 13.0 Å². The monoisotopic (exact) mass is 492 g/mol. The highest BCUT2D eigenvalue weighted by Gasteiger charge is 2.21. The van der Waals surface area contributed by atoms with Gasteiger partial charge in [0.05, 0.1) is 0 Å². The molecule has 194 valence electrons. The number of alkyl carbamates (subject to hydrolysis) is 1. The average Bonchev–Trinajstić information content (AvgIpc) is 3.16. The van der Waals surface area contributed by atoms with Crippen LogP contribution in [0.1, 0.15) is 52.5 Å². The molecule has 0 radical (unpaired) electrons. The van der Waals surface area contributed by atoms with E-state index in [1.54, 1.807) is 0 Å². The predicted octanol–water partition coefficient (Wildman–Crippen LogP) is 5.15. The number of carbonyl (C=O) groups excluding carboxylic acids is 2. The Kier molecular flexibility index (Phi) is 8.19. The van der Waals surface area contributed by atoms with E-state index in [1.165, 1.54) is 27.4 Å². The SMILES string of the molecule is CCn1c2ccccc2c2cc(CN3CCN(C(=O)CCCCNC(=O)OC(C)(C)C)CC3)ccc21. The van der Waals surface area contributed by atoms with Crippen LogP contribution < -0.4 is 5.32 Å². The van der Waals surface area contributed by atoms with Crippen LogP contribution in [0.15, 0.2) is 42.5 Å². The van der Waals surface area contributed by atoms with Crippen LogP contribution in [0.2, 0.25) is 0 Å². The number of rotatable bonds is 8. The van der Waals surface area contributed by atoms with Crippen LogP contribution in [-0.2, 0) is 22.6 Å². The molecule has 0 unspecified atom stereocenters. The number of nitrogens with zero attached hydrogens (tertiary/aromatic N) is 3. The van der Waals surface area contributed by atoms with Crippen molar-refractivity contribution in [1.29, 1.82) is 0 Å². The quantitative estimate of drug-likeness (QED) is 0.442. The Labute approximate surface area is 214 Å². The van der Waals surface area contributed by atoms with Crippen LogP contribution in [0.25, 0.3) is 21.8 Å². The van der Waals surface area contributed by atoms with Gasteiger partial charge in [0, 0.05) is 74.0 Å². The molecule has 0 aliphatic carbocycles. The Hall–Kier alpha value is -3.06. The lowest BCUT2D eigenvalue weighted by molar-refractivity contribution is -0.133. The third-order valence-electron chi connectivity index (χ3n) is 6.77. The van der Waals surface area contributed by atoms with Gasteiger partial charge in [-0.25, -0.2) is 4.79 Å². The second-order valence-corrected chi connectivity index (χ2v) is 10.7. The van der Waals surface area contributed by atoms with Crippen molar-refractivity contribution >= 4 is 33.8 Å². The van der Waals surface area contributed by atoms with Crippen molar-refractivity contribution in [3.05, 3.63) is 48.0 Å². The maximum absolute atomic E-state index is 12.6. The number of aryl methyl sites for hydroxylation is 1. The summed E-state index contributed by atoms with van der Waals surface area (Å²) in [5.41, 5.74) is 3.41. The van der Waals surface area contributed by atoms with Gasteiger partial charge in [0.15, 0.2) is 0 Å². The van der Waals surface area contributed by atoms with E-state index in [1.807, 2.05) is 25.7 Å². The van der Waals surface area contributed by atoms with Gasteiger partial charge in [0.2, 0.25) is 5.91 Å². The van der Waals surface area contributed by atoms with Gasteiger partial charge in [0.25, 0.3) is 0 Å². The molecule has 2 aromatic carbocycles. The Morgan fingerprint density at radius 1 is 0.944 bits per heavy atom. The summed E-state index contributed by atoms with van der Waals surface area (Å²) in [5.74, 6) is 0.209. The number of amides is 2. The summed E-state index contributed by atoms with van der Waals surface area (Å²) in [7, 11) is 0. The number of nitrogens with one attached hydrogen (secondary N) is 1. The molecule has 0 bridgehead atoms. The van der Waals surface area contributed by atoms with E-state index in [-0.39, 0.29) is 5.91 Å². The van der Waals surface area contributed by atoms with Gasteiger partial charge in [-0.15, -0.1) is 0 Å². The molecule has 7 nitrogen and oxygen atoms in total. The van der Waals surface area contributed by atoms with Crippen molar-refractivity contribution in [3.63, 3.8) is 0 Å². The number of benzene rings is 2. The number of fused-ring (bicyclic) bond motifs is 3. The van der Waals surface area contributed by atoms with Gasteiger partial charge in [-0.05, 0) is 64.3 Å². The molecule has 1 aromatic heterocycles. The molecule has 1 aliphatic heterocycles. The fourth-order valence-electron chi connectivity index (χ4n) is 5.02. The summed E-state index contributed by atoms with van der Waals surface area (Å²) < 4.78 is 7.61. The molecule has 1 fully saturated rings. The number of aromatic nitrogens is 1. The largest absolute Gasteiger partial charge is 0.444 e. The number of ether oxygens (including phenoxy) is 1. The van der Waals surface area contributed by atoms with Gasteiger partial charge in [-0.3, -0.25) is 9.69 Å². The summed E-state index contributed by atoms with van der Waals surface area (Å²) in [5, 5.41) is 5.39. The molecule has 2 heterocycles. The van der Waals surface area contributed by atoms with Crippen molar-refractivity contribution in [2.45, 2.75) is 65.6 Å². The maximum Gasteiger partial charge on any atom is 0.407 e. The second kappa shape index (κ2) is 11.3. The van der Waals surface area contributed by atoms with Gasteiger partial charge in [-0.2, -0.15) is 0 Å². The zero-order valence-electron chi connectivity index (χ0n) is 22.2. The smallest absolute Gasteiger partial charge is 0.407 e. The summed E-state index contributed by atoms with van der Waals surface area (Å²) >= 11 is 0. The maximum atomic E-state index is 12.6. The van der Waals surface area contributed by atoms with Gasteiger partial charge in [0.1, 0.15) is 5.60 Å². The topological polar surface area (TPSA) is 66.8 Å². The highest BCUT2D eigenvalue weighted by atomic mass is 16.6. The van der Waals surface area contributed by atoms with Crippen LogP contribution >= 0.6 is 0 Å². The molecule has 4 rings (SSSR count). The minimum Gasteiger partial charge on any atom is -0.444 e. The third-order valence-corrected chi connectivity index (χ3v) is 6.77. The van der Waals surface area contributed by atoms with Gasteiger partial charge in [-0.1, -0.05) is 24.3 Å².